The van der Waals surface area contributed by atoms with Gasteiger partial charge in [-0.15, -0.1) is 0 Å². The lowest BCUT2D eigenvalue weighted by Gasteiger charge is -2.39. The number of rotatable bonds is 5. The van der Waals surface area contributed by atoms with Gasteiger partial charge in [0.1, 0.15) is 5.60 Å². The Morgan fingerprint density at radius 2 is 1.75 bits per heavy atom. The first-order chi connectivity index (χ1) is 13.0. The first-order valence-electron chi connectivity index (χ1n) is 9.81. The molecule has 1 aliphatic heterocycles. The van der Waals surface area contributed by atoms with E-state index in [1.54, 1.807) is 45.0 Å². The SMILES string of the molecule is CC1CN(C(C)CNC(=O)c2ccc(NC(=O)OC(C)(C)C)cc2)CC(C)O1. The molecule has 1 heterocycles. The van der Waals surface area contributed by atoms with E-state index in [9.17, 15) is 9.59 Å². The number of ether oxygens (including phenoxy) is 2. The fraction of sp³-hybridized carbons (Fsp3) is 0.619. The highest BCUT2D eigenvalue weighted by Crippen LogP contribution is 2.15. The van der Waals surface area contributed by atoms with Crippen LogP contribution in [0.3, 0.4) is 0 Å². The number of morpholine rings is 1. The molecule has 3 unspecified atom stereocenters. The molecule has 2 N–H and O–H groups in total. The molecule has 156 valence electrons. The molecule has 1 aliphatic rings. The van der Waals surface area contributed by atoms with Crippen molar-refractivity contribution in [1.29, 1.82) is 0 Å². The number of nitrogens with one attached hydrogen (secondary N) is 2. The van der Waals surface area contributed by atoms with Gasteiger partial charge in [0.25, 0.3) is 5.91 Å². The van der Waals surface area contributed by atoms with Gasteiger partial charge in [-0.1, -0.05) is 0 Å². The summed E-state index contributed by atoms with van der Waals surface area (Å²) in [4.78, 5) is 26.6. The minimum atomic E-state index is -0.559. The third-order valence-corrected chi connectivity index (χ3v) is 4.42. The lowest BCUT2D eigenvalue weighted by Crippen LogP contribution is -2.52. The molecule has 1 fully saturated rings. The van der Waals surface area contributed by atoms with Gasteiger partial charge in [-0.2, -0.15) is 0 Å². The summed E-state index contributed by atoms with van der Waals surface area (Å²) in [7, 11) is 0. The molecule has 7 heteroatoms. The van der Waals surface area contributed by atoms with Crippen LogP contribution in [0.4, 0.5) is 10.5 Å². The summed E-state index contributed by atoms with van der Waals surface area (Å²) in [6.07, 6.45) is -0.119. The van der Waals surface area contributed by atoms with Crippen molar-refractivity contribution >= 4 is 17.7 Å². The highest BCUT2D eigenvalue weighted by molar-refractivity contribution is 5.95. The maximum absolute atomic E-state index is 12.4. The van der Waals surface area contributed by atoms with Gasteiger partial charge < -0.3 is 14.8 Å². The molecule has 2 amide bonds. The number of nitrogens with zero attached hydrogens (tertiary/aromatic N) is 1. The van der Waals surface area contributed by atoms with E-state index < -0.39 is 11.7 Å². The molecule has 1 aromatic rings. The van der Waals surface area contributed by atoms with Crippen molar-refractivity contribution in [3.05, 3.63) is 29.8 Å². The van der Waals surface area contributed by atoms with Crippen molar-refractivity contribution in [2.75, 3.05) is 25.0 Å². The quantitative estimate of drug-likeness (QED) is 0.805. The topological polar surface area (TPSA) is 79.9 Å². The average molecular weight is 392 g/mol. The molecule has 0 aliphatic carbocycles. The molecule has 0 saturated carbocycles. The van der Waals surface area contributed by atoms with Gasteiger partial charge in [0, 0.05) is 36.9 Å². The van der Waals surface area contributed by atoms with Crippen LogP contribution in [0, 0.1) is 0 Å². The van der Waals surface area contributed by atoms with Crippen LogP contribution in [0.25, 0.3) is 0 Å². The van der Waals surface area contributed by atoms with E-state index in [1.165, 1.54) is 0 Å². The number of amides is 2. The Balaban J connectivity index is 1.83. The smallest absolute Gasteiger partial charge is 0.412 e. The van der Waals surface area contributed by atoms with Crippen LogP contribution in [0.15, 0.2) is 24.3 Å². The van der Waals surface area contributed by atoms with Crippen LogP contribution in [0.2, 0.25) is 0 Å². The Kier molecular flexibility index (Phi) is 7.43. The Morgan fingerprint density at radius 1 is 1.18 bits per heavy atom. The number of hydrogen-bond acceptors (Lipinski definition) is 5. The average Bonchev–Trinajstić information content (AvgIpc) is 2.57. The van der Waals surface area contributed by atoms with E-state index in [0.717, 1.165) is 13.1 Å². The van der Waals surface area contributed by atoms with E-state index >= 15 is 0 Å². The van der Waals surface area contributed by atoms with Crippen molar-refractivity contribution in [2.45, 2.75) is 65.4 Å². The van der Waals surface area contributed by atoms with Crippen molar-refractivity contribution < 1.29 is 19.1 Å². The molecule has 2 rings (SSSR count). The van der Waals surface area contributed by atoms with Crippen LogP contribution in [-0.4, -0.2) is 60.4 Å². The second-order valence-corrected chi connectivity index (χ2v) is 8.47. The van der Waals surface area contributed by atoms with Gasteiger partial charge in [0.15, 0.2) is 0 Å². The molecule has 0 bridgehead atoms. The van der Waals surface area contributed by atoms with Gasteiger partial charge in [-0.3, -0.25) is 15.0 Å². The maximum Gasteiger partial charge on any atom is 0.412 e. The first kappa shape index (κ1) is 22.2. The van der Waals surface area contributed by atoms with Gasteiger partial charge in [-0.05, 0) is 65.8 Å². The molecule has 0 radical (unpaired) electrons. The lowest BCUT2D eigenvalue weighted by molar-refractivity contribution is -0.0778. The standard InChI is InChI=1S/C21H33N3O4/c1-14(24-12-15(2)27-16(3)13-24)11-22-19(25)17-7-9-18(10-8-17)23-20(26)28-21(4,5)6/h7-10,14-16H,11-13H2,1-6H3,(H,22,25)(H,23,26). The monoisotopic (exact) mass is 391 g/mol. The predicted molar refractivity (Wildman–Crippen MR) is 110 cm³/mol. The summed E-state index contributed by atoms with van der Waals surface area (Å²) in [5.41, 5.74) is 0.567. The Hall–Kier alpha value is -2.12. The third kappa shape index (κ3) is 7.13. The zero-order valence-electron chi connectivity index (χ0n) is 17.7. The maximum atomic E-state index is 12.4. The summed E-state index contributed by atoms with van der Waals surface area (Å²) >= 11 is 0. The third-order valence-electron chi connectivity index (χ3n) is 4.42. The van der Waals surface area contributed by atoms with E-state index in [-0.39, 0.29) is 24.2 Å². The molecule has 1 saturated heterocycles. The second kappa shape index (κ2) is 9.39. The van der Waals surface area contributed by atoms with Crippen molar-refractivity contribution in [3.63, 3.8) is 0 Å². The molecule has 1 aromatic carbocycles. The summed E-state index contributed by atoms with van der Waals surface area (Å²) in [5.74, 6) is -0.134. The predicted octanol–water partition coefficient (Wildman–Crippen LogP) is 3.26. The normalized spacial score (nSPS) is 21.6. The van der Waals surface area contributed by atoms with Crippen LogP contribution in [0.5, 0.6) is 0 Å². The van der Waals surface area contributed by atoms with Gasteiger partial charge in [0.2, 0.25) is 0 Å². The van der Waals surface area contributed by atoms with Crippen LogP contribution < -0.4 is 10.6 Å². The highest BCUT2D eigenvalue weighted by atomic mass is 16.6. The molecule has 0 spiro atoms. The summed E-state index contributed by atoms with van der Waals surface area (Å²) in [6, 6.07) is 6.98. The number of anilines is 1. The molecule has 28 heavy (non-hydrogen) atoms. The van der Waals surface area contributed by atoms with Crippen molar-refractivity contribution in [2.24, 2.45) is 0 Å². The van der Waals surface area contributed by atoms with Gasteiger partial charge in [-0.25, -0.2) is 4.79 Å². The van der Waals surface area contributed by atoms with E-state index in [0.29, 0.717) is 17.8 Å². The summed E-state index contributed by atoms with van der Waals surface area (Å²) in [5, 5.41) is 5.64. The number of carbonyl (C=O) groups is 2. The Bertz CT molecular complexity index is 659. The minimum absolute atomic E-state index is 0.134. The number of benzene rings is 1. The van der Waals surface area contributed by atoms with Crippen LogP contribution in [0.1, 0.15) is 51.9 Å². The largest absolute Gasteiger partial charge is 0.444 e. The Labute approximate surface area is 167 Å². The molecular formula is C21H33N3O4. The molecular weight excluding hydrogens is 358 g/mol. The zero-order chi connectivity index (χ0) is 20.9. The lowest BCUT2D eigenvalue weighted by atomic mass is 10.1. The summed E-state index contributed by atoms with van der Waals surface area (Å²) in [6.45, 7) is 14.0. The Morgan fingerprint density at radius 3 is 2.29 bits per heavy atom. The summed E-state index contributed by atoms with van der Waals surface area (Å²) < 4.78 is 11.0. The zero-order valence-corrected chi connectivity index (χ0v) is 17.7. The fourth-order valence-electron chi connectivity index (χ4n) is 3.18. The fourth-order valence-corrected chi connectivity index (χ4v) is 3.18. The second-order valence-electron chi connectivity index (χ2n) is 8.47. The number of hydrogen-bond donors (Lipinski definition) is 2. The van der Waals surface area contributed by atoms with E-state index in [4.69, 9.17) is 9.47 Å². The van der Waals surface area contributed by atoms with Crippen molar-refractivity contribution in [3.8, 4) is 0 Å². The molecule has 0 aromatic heterocycles. The number of carbonyl (C=O) groups excluding carboxylic acids is 2. The van der Waals surface area contributed by atoms with E-state index in [2.05, 4.69) is 36.3 Å². The highest BCUT2D eigenvalue weighted by Gasteiger charge is 2.25. The molecule has 7 nitrogen and oxygen atoms in total. The van der Waals surface area contributed by atoms with Gasteiger partial charge in [0.05, 0.1) is 12.2 Å². The first-order valence-corrected chi connectivity index (χ1v) is 9.81. The van der Waals surface area contributed by atoms with E-state index in [1.807, 2.05) is 0 Å². The van der Waals surface area contributed by atoms with Crippen LogP contribution >= 0.6 is 0 Å². The minimum Gasteiger partial charge on any atom is -0.444 e. The van der Waals surface area contributed by atoms with Crippen molar-refractivity contribution in [1.82, 2.24) is 10.2 Å². The van der Waals surface area contributed by atoms with Gasteiger partial charge >= 0.3 is 6.09 Å². The van der Waals surface area contributed by atoms with Crippen LogP contribution in [-0.2, 0) is 9.47 Å². The molecule has 3 atom stereocenters.